The molecule has 0 aliphatic carbocycles. The summed E-state index contributed by atoms with van der Waals surface area (Å²) in [6.45, 7) is 4.50. The lowest BCUT2D eigenvalue weighted by atomic mass is 10.1. The molecular weight excluding hydrogens is 282 g/mol. The molecular formula is C16H19N3OS. The number of amides is 1. The smallest absolute Gasteiger partial charge is 0.251 e. The zero-order valence-electron chi connectivity index (χ0n) is 12.4. The first-order valence-corrected chi connectivity index (χ1v) is 7.67. The first-order valence-electron chi connectivity index (χ1n) is 6.85. The second-order valence-electron chi connectivity index (χ2n) is 4.55. The third-order valence-corrected chi connectivity index (χ3v) is 3.91. The molecule has 110 valence electrons. The Morgan fingerprint density at radius 2 is 2.10 bits per heavy atom. The molecule has 1 amide bonds. The molecule has 0 saturated carbocycles. The van der Waals surface area contributed by atoms with Crippen LogP contribution < -0.4 is 10.6 Å². The molecule has 1 aromatic heterocycles. The Morgan fingerprint density at radius 3 is 2.76 bits per heavy atom. The van der Waals surface area contributed by atoms with Crippen molar-refractivity contribution in [3.8, 4) is 0 Å². The molecule has 2 rings (SSSR count). The Hall–Kier alpha value is -2.01. The summed E-state index contributed by atoms with van der Waals surface area (Å²) in [7, 11) is 1.85. The molecule has 0 unspecified atom stereocenters. The van der Waals surface area contributed by atoms with Gasteiger partial charge >= 0.3 is 0 Å². The van der Waals surface area contributed by atoms with Crippen LogP contribution in [0.3, 0.4) is 0 Å². The molecule has 0 radical (unpaired) electrons. The number of hydrogen-bond donors (Lipinski definition) is 2. The topological polar surface area (TPSA) is 54.0 Å². The summed E-state index contributed by atoms with van der Waals surface area (Å²) in [6, 6.07) is 11.7. The van der Waals surface area contributed by atoms with Crippen molar-refractivity contribution in [2.75, 3.05) is 18.9 Å². The molecule has 21 heavy (non-hydrogen) atoms. The van der Waals surface area contributed by atoms with E-state index in [2.05, 4.69) is 15.6 Å². The standard InChI is InChI=1S/C16H19N3OS/c1-4-18-16(20)13-9-8-12(10-11(13)2)21-15-7-5-6-14(17-3)19-15/h5-10H,4H2,1-3H3,(H,17,19)(H,18,20). The van der Waals surface area contributed by atoms with Gasteiger partial charge < -0.3 is 10.6 Å². The summed E-state index contributed by atoms with van der Waals surface area (Å²) in [5.74, 6) is 0.817. The fourth-order valence-corrected chi connectivity index (χ4v) is 2.85. The highest BCUT2D eigenvalue weighted by molar-refractivity contribution is 7.99. The Labute approximate surface area is 129 Å². The van der Waals surface area contributed by atoms with Gasteiger partial charge in [0, 0.05) is 24.1 Å². The van der Waals surface area contributed by atoms with Crippen LogP contribution in [0.15, 0.2) is 46.3 Å². The minimum atomic E-state index is -0.0261. The van der Waals surface area contributed by atoms with Crippen LogP contribution in [0.2, 0.25) is 0 Å². The quantitative estimate of drug-likeness (QED) is 0.889. The number of nitrogens with zero attached hydrogens (tertiary/aromatic N) is 1. The lowest BCUT2D eigenvalue weighted by molar-refractivity contribution is 0.0955. The van der Waals surface area contributed by atoms with Gasteiger partial charge in [0.15, 0.2) is 0 Å². The average Bonchev–Trinajstić information content (AvgIpc) is 2.47. The third kappa shape index (κ3) is 3.98. The van der Waals surface area contributed by atoms with Crippen LogP contribution >= 0.6 is 11.8 Å². The summed E-state index contributed by atoms with van der Waals surface area (Å²) < 4.78 is 0. The zero-order valence-corrected chi connectivity index (χ0v) is 13.3. The highest BCUT2D eigenvalue weighted by Gasteiger charge is 2.09. The molecule has 0 atom stereocenters. The predicted molar refractivity (Wildman–Crippen MR) is 87.1 cm³/mol. The number of carbonyl (C=O) groups excluding carboxylic acids is 1. The van der Waals surface area contributed by atoms with Crippen LogP contribution in [0.5, 0.6) is 0 Å². The normalized spacial score (nSPS) is 10.2. The highest BCUT2D eigenvalue weighted by Crippen LogP contribution is 2.28. The minimum Gasteiger partial charge on any atom is -0.373 e. The number of aryl methyl sites for hydroxylation is 1. The van der Waals surface area contributed by atoms with E-state index >= 15 is 0 Å². The van der Waals surface area contributed by atoms with Gasteiger partial charge in [-0.25, -0.2) is 4.98 Å². The van der Waals surface area contributed by atoms with Gasteiger partial charge in [0.1, 0.15) is 10.8 Å². The lowest BCUT2D eigenvalue weighted by Gasteiger charge is -2.08. The average molecular weight is 301 g/mol. The van der Waals surface area contributed by atoms with E-state index in [4.69, 9.17) is 0 Å². The lowest BCUT2D eigenvalue weighted by Crippen LogP contribution is -2.23. The van der Waals surface area contributed by atoms with Gasteiger partial charge in [-0.15, -0.1) is 0 Å². The van der Waals surface area contributed by atoms with Crippen molar-refractivity contribution < 1.29 is 4.79 Å². The number of rotatable bonds is 5. The van der Waals surface area contributed by atoms with Crippen LogP contribution in [0.25, 0.3) is 0 Å². The Balaban J connectivity index is 2.18. The van der Waals surface area contributed by atoms with E-state index < -0.39 is 0 Å². The van der Waals surface area contributed by atoms with Gasteiger partial charge in [-0.2, -0.15) is 0 Å². The third-order valence-electron chi connectivity index (χ3n) is 2.98. The fraction of sp³-hybridized carbons (Fsp3) is 0.250. The molecule has 0 saturated heterocycles. The maximum Gasteiger partial charge on any atom is 0.251 e. The molecule has 0 aliphatic rings. The van der Waals surface area contributed by atoms with Crippen molar-refractivity contribution in [3.05, 3.63) is 47.5 Å². The molecule has 0 spiro atoms. The molecule has 2 aromatic rings. The van der Waals surface area contributed by atoms with Crippen LogP contribution in [0.1, 0.15) is 22.8 Å². The fourth-order valence-electron chi connectivity index (χ4n) is 1.94. The van der Waals surface area contributed by atoms with E-state index in [1.165, 1.54) is 0 Å². The zero-order chi connectivity index (χ0) is 15.2. The van der Waals surface area contributed by atoms with Crippen molar-refractivity contribution in [1.82, 2.24) is 10.3 Å². The number of anilines is 1. The second-order valence-corrected chi connectivity index (χ2v) is 5.64. The molecule has 1 aromatic carbocycles. The second kappa shape index (κ2) is 7.13. The summed E-state index contributed by atoms with van der Waals surface area (Å²) >= 11 is 1.58. The van der Waals surface area contributed by atoms with E-state index in [1.807, 2.05) is 57.3 Å². The first-order chi connectivity index (χ1) is 10.1. The van der Waals surface area contributed by atoms with Crippen LogP contribution in [-0.2, 0) is 0 Å². The number of aromatic nitrogens is 1. The van der Waals surface area contributed by atoms with Gasteiger partial charge in [0.2, 0.25) is 0 Å². The van der Waals surface area contributed by atoms with Crippen LogP contribution in [0.4, 0.5) is 5.82 Å². The Morgan fingerprint density at radius 1 is 1.29 bits per heavy atom. The number of hydrogen-bond acceptors (Lipinski definition) is 4. The van der Waals surface area contributed by atoms with Crippen LogP contribution in [-0.4, -0.2) is 24.5 Å². The molecule has 0 bridgehead atoms. The van der Waals surface area contributed by atoms with Gasteiger partial charge in [-0.1, -0.05) is 17.8 Å². The van der Waals surface area contributed by atoms with Gasteiger partial charge in [0.05, 0.1) is 0 Å². The van der Waals surface area contributed by atoms with Crippen molar-refractivity contribution in [2.24, 2.45) is 0 Å². The monoisotopic (exact) mass is 301 g/mol. The van der Waals surface area contributed by atoms with Crippen LogP contribution in [0, 0.1) is 6.92 Å². The van der Waals surface area contributed by atoms with Gasteiger partial charge in [-0.3, -0.25) is 4.79 Å². The number of nitrogens with one attached hydrogen (secondary N) is 2. The highest BCUT2D eigenvalue weighted by atomic mass is 32.2. The Kier molecular flexibility index (Phi) is 5.22. The molecule has 1 heterocycles. The van der Waals surface area contributed by atoms with E-state index in [9.17, 15) is 4.79 Å². The minimum absolute atomic E-state index is 0.0261. The summed E-state index contributed by atoms with van der Waals surface area (Å²) in [6.07, 6.45) is 0. The molecule has 0 fully saturated rings. The van der Waals surface area contributed by atoms with E-state index in [-0.39, 0.29) is 5.91 Å². The maximum atomic E-state index is 11.9. The summed E-state index contributed by atoms with van der Waals surface area (Å²) in [5, 5.41) is 6.77. The van der Waals surface area contributed by atoms with Crippen molar-refractivity contribution in [2.45, 2.75) is 23.8 Å². The first kappa shape index (κ1) is 15.4. The summed E-state index contributed by atoms with van der Waals surface area (Å²) in [5.41, 5.74) is 1.69. The molecule has 4 nitrogen and oxygen atoms in total. The Bertz CT molecular complexity index is 643. The van der Waals surface area contributed by atoms with Crippen molar-refractivity contribution in [3.63, 3.8) is 0 Å². The van der Waals surface area contributed by atoms with Crippen molar-refractivity contribution >= 4 is 23.5 Å². The number of carbonyl (C=O) groups is 1. The van der Waals surface area contributed by atoms with E-state index in [1.54, 1.807) is 11.8 Å². The molecule has 0 aliphatic heterocycles. The van der Waals surface area contributed by atoms with E-state index in [0.717, 1.165) is 26.9 Å². The largest absolute Gasteiger partial charge is 0.373 e. The van der Waals surface area contributed by atoms with E-state index in [0.29, 0.717) is 6.54 Å². The molecule has 5 heteroatoms. The SMILES string of the molecule is CCNC(=O)c1ccc(Sc2cccc(NC)n2)cc1C. The number of benzene rings is 1. The van der Waals surface area contributed by atoms with Crippen molar-refractivity contribution in [1.29, 1.82) is 0 Å². The predicted octanol–water partition coefficient (Wildman–Crippen LogP) is 3.33. The van der Waals surface area contributed by atoms with Gasteiger partial charge in [0.25, 0.3) is 5.91 Å². The maximum absolute atomic E-state index is 11.9. The molecule has 2 N–H and O–H groups in total. The number of pyridine rings is 1. The summed E-state index contributed by atoms with van der Waals surface area (Å²) in [4.78, 5) is 17.4. The van der Waals surface area contributed by atoms with Gasteiger partial charge in [-0.05, 0) is 49.7 Å².